The zero-order valence-corrected chi connectivity index (χ0v) is 11.5. The number of carbonyl (C=O) groups is 1. The summed E-state index contributed by atoms with van der Waals surface area (Å²) in [5, 5.41) is 5.72. The van der Waals surface area contributed by atoms with Crippen LogP contribution in [0.1, 0.15) is 25.6 Å². The molecule has 0 saturated carbocycles. The Kier molecular flexibility index (Phi) is 4.11. The van der Waals surface area contributed by atoms with E-state index in [1.54, 1.807) is 11.8 Å². The van der Waals surface area contributed by atoms with Gasteiger partial charge in [0.1, 0.15) is 0 Å². The van der Waals surface area contributed by atoms with Crippen molar-refractivity contribution in [1.82, 2.24) is 19.8 Å². The second-order valence-electron chi connectivity index (χ2n) is 4.47. The number of nitrogen functional groups attached to an aromatic ring is 1. The summed E-state index contributed by atoms with van der Waals surface area (Å²) in [5.41, 5.74) is 0. The number of alkyl halides is 3. The van der Waals surface area contributed by atoms with E-state index < -0.39 is 17.3 Å². The second kappa shape index (κ2) is 5.51. The second-order valence-corrected chi connectivity index (χ2v) is 5.77. The fourth-order valence-electron chi connectivity index (χ4n) is 1.95. The van der Waals surface area contributed by atoms with Crippen LogP contribution in [0.15, 0.2) is 5.16 Å². The maximum atomic E-state index is 12.5. The number of likely N-dealkylation sites (tertiary alicyclic amines) is 1. The van der Waals surface area contributed by atoms with Gasteiger partial charge >= 0.3 is 6.18 Å². The average Bonchev–Trinajstić information content (AvgIpc) is 2.98. The van der Waals surface area contributed by atoms with E-state index in [0.29, 0.717) is 17.8 Å². The third kappa shape index (κ3) is 3.00. The van der Waals surface area contributed by atoms with Crippen molar-refractivity contribution in [3.8, 4) is 0 Å². The van der Waals surface area contributed by atoms with E-state index >= 15 is 0 Å². The smallest absolute Gasteiger partial charge is 0.342 e. The Morgan fingerprint density at radius 3 is 2.45 bits per heavy atom. The minimum atomic E-state index is -4.66. The van der Waals surface area contributed by atoms with Crippen LogP contribution in [0.4, 0.5) is 13.2 Å². The predicted octanol–water partition coefficient (Wildman–Crippen LogP) is 1.11. The summed E-state index contributed by atoms with van der Waals surface area (Å²) in [6.07, 6.45) is -2.76. The van der Waals surface area contributed by atoms with E-state index in [2.05, 4.69) is 10.2 Å². The summed E-state index contributed by atoms with van der Waals surface area (Å²) in [6, 6.07) is 0. The highest BCUT2D eigenvalue weighted by atomic mass is 32.2. The molecule has 1 aromatic rings. The molecule has 2 rings (SSSR count). The summed E-state index contributed by atoms with van der Waals surface area (Å²) < 4.78 is 37.9. The summed E-state index contributed by atoms with van der Waals surface area (Å²) in [5.74, 6) is 3.92. The minimum absolute atomic E-state index is 0.121. The zero-order valence-electron chi connectivity index (χ0n) is 10.7. The van der Waals surface area contributed by atoms with Crippen LogP contribution in [-0.4, -0.2) is 44.0 Å². The van der Waals surface area contributed by atoms with Crippen LogP contribution in [0.5, 0.6) is 0 Å². The van der Waals surface area contributed by atoms with E-state index in [1.807, 2.05) is 0 Å². The molecule has 1 aromatic heterocycles. The number of carbonyl (C=O) groups excluding carboxylic acids is 1. The molecule has 1 aliphatic heterocycles. The van der Waals surface area contributed by atoms with Crippen molar-refractivity contribution in [2.24, 2.45) is 0 Å². The van der Waals surface area contributed by atoms with Gasteiger partial charge in [-0.05, 0) is 19.8 Å². The molecule has 0 bridgehead atoms. The molecule has 112 valence electrons. The first kappa shape index (κ1) is 14.9. The number of hydrogen-bond acceptors (Lipinski definition) is 5. The maximum absolute atomic E-state index is 12.5. The Balaban J connectivity index is 2.06. The number of halogens is 3. The van der Waals surface area contributed by atoms with Gasteiger partial charge in [-0.25, -0.2) is 4.68 Å². The lowest BCUT2D eigenvalue weighted by Gasteiger charge is -2.19. The lowest BCUT2D eigenvalue weighted by atomic mass is 10.4. The van der Waals surface area contributed by atoms with Gasteiger partial charge in [0, 0.05) is 13.1 Å². The highest BCUT2D eigenvalue weighted by Gasteiger charge is 2.38. The van der Waals surface area contributed by atoms with Gasteiger partial charge in [0.2, 0.25) is 11.1 Å². The number of nitrogens with two attached hydrogens (primary N) is 1. The summed E-state index contributed by atoms with van der Waals surface area (Å²) >= 11 is 0.875. The third-order valence-electron chi connectivity index (χ3n) is 2.97. The first-order valence-electron chi connectivity index (χ1n) is 6.04. The van der Waals surface area contributed by atoms with Crippen LogP contribution in [0.25, 0.3) is 0 Å². The quantitative estimate of drug-likeness (QED) is 0.668. The largest absolute Gasteiger partial charge is 0.453 e. The fourth-order valence-corrected chi connectivity index (χ4v) is 2.81. The first-order chi connectivity index (χ1) is 9.30. The van der Waals surface area contributed by atoms with Crippen molar-refractivity contribution in [2.45, 2.75) is 36.3 Å². The van der Waals surface area contributed by atoms with Crippen molar-refractivity contribution in [3.63, 3.8) is 0 Å². The van der Waals surface area contributed by atoms with E-state index in [0.717, 1.165) is 24.6 Å². The molecule has 20 heavy (non-hydrogen) atoms. The highest BCUT2D eigenvalue weighted by molar-refractivity contribution is 8.00. The summed E-state index contributed by atoms with van der Waals surface area (Å²) in [7, 11) is 0. The summed E-state index contributed by atoms with van der Waals surface area (Å²) in [6.45, 7) is 2.99. The van der Waals surface area contributed by atoms with Crippen LogP contribution in [0.3, 0.4) is 0 Å². The molecule has 0 spiro atoms. The fraction of sp³-hybridized carbons (Fsp3) is 0.700. The van der Waals surface area contributed by atoms with Crippen molar-refractivity contribution >= 4 is 17.7 Å². The van der Waals surface area contributed by atoms with Gasteiger partial charge in [-0.2, -0.15) is 13.2 Å². The minimum Gasteiger partial charge on any atom is -0.342 e. The van der Waals surface area contributed by atoms with Gasteiger partial charge in [-0.3, -0.25) is 4.79 Å². The van der Waals surface area contributed by atoms with Gasteiger partial charge in [0.25, 0.3) is 5.82 Å². The lowest BCUT2D eigenvalue weighted by Crippen LogP contribution is -2.34. The lowest BCUT2D eigenvalue weighted by molar-refractivity contribution is -0.146. The molecule has 0 aromatic carbocycles. The molecule has 1 amide bonds. The van der Waals surface area contributed by atoms with Crippen LogP contribution in [0.2, 0.25) is 0 Å². The molecule has 0 unspecified atom stereocenters. The number of aromatic nitrogens is 3. The Hall–Kier alpha value is -1.45. The van der Waals surface area contributed by atoms with Gasteiger partial charge < -0.3 is 10.7 Å². The van der Waals surface area contributed by atoms with Crippen molar-refractivity contribution in [2.75, 3.05) is 18.9 Å². The number of thioether (sulfide) groups is 1. The van der Waals surface area contributed by atoms with Crippen LogP contribution in [-0.2, 0) is 11.0 Å². The van der Waals surface area contributed by atoms with Crippen molar-refractivity contribution in [3.05, 3.63) is 5.82 Å². The van der Waals surface area contributed by atoms with Gasteiger partial charge in [0.15, 0.2) is 0 Å². The van der Waals surface area contributed by atoms with E-state index in [4.69, 9.17) is 5.84 Å². The molecular formula is C10H14F3N5OS. The predicted molar refractivity (Wildman–Crippen MR) is 66.3 cm³/mol. The Bertz CT molecular complexity index is 498. The van der Waals surface area contributed by atoms with Crippen LogP contribution < -0.4 is 5.84 Å². The molecule has 2 heterocycles. The molecule has 10 heteroatoms. The monoisotopic (exact) mass is 309 g/mol. The number of rotatable bonds is 3. The SMILES string of the molecule is C[C@H](Sc1nnc(C(F)(F)F)n1N)C(=O)N1CCCC1. The van der Waals surface area contributed by atoms with E-state index in [1.165, 1.54) is 0 Å². The van der Waals surface area contributed by atoms with Crippen molar-refractivity contribution < 1.29 is 18.0 Å². The van der Waals surface area contributed by atoms with E-state index in [-0.39, 0.29) is 11.1 Å². The molecule has 1 aliphatic rings. The average molecular weight is 309 g/mol. The number of amides is 1. The Morgan fingerprint density at radius 2 is 1.95 bits per heavy atom. The molecule has 0 radical (unpaired) electrons. The molecule has 1 saturated heterocycles. The first-order valence-corrected chi connectivity index (χ1v) is 6.92. The Morgan fingerprint density at radius 1 is 1.35 bits per heavy atom. The number of hydrogen-bond donors (Lipinski definition) is 1. The zero-order chi connectivity index (χ0) is 14.9. The van der Waals surface area contributed by atoms with Crippen molar-refractivity contribution in [1.29, 1.82) is 0 Å². The number of nitrogens with zero attached hydrogens (tertiary/aromatic N) is 4. The third-order valence-corrected chi connectivity index (χ3v) is 4.01. The maximum Gasteiger partial charge on any atom is 0.453 e. The highest BCUT2D eigenvalue weighted by Crippen LogP contribution is 2.30. The normalized spacial score (nSPS) is 17.5. The molecule has 6 nitrogen and oxygen atoms in total. The molecule has 0 aliphatic carbocycles. The van der Waals surface area contributed by atoms with Gasteiger partial charge in [0.05, 0.1) is 5.25 Å². The van der Waals surface area contributed by atoms with Gasteiger partial charge in [-0.15, -0.1) is 10.2 Å². The standard InChI is InChI=1S/C10H14F3N5OS/c1-6(7(19)17-4-2-3-5-17)20-9-16-15-8(18(9)14)10(11,12)13/h6H,2-5,14H2,1H3/t6-/m0/s1. The van der Waals surface area contributed by atoms with Crippen LogP contribution in [0, 0.1) is 0 Å². The molecular weight excluding hydrogens is 295 g/mol. The van der Waals surface area contributed by atoms with E-state index in [9.17, 15) is 18.0 Å². The molecule has 2 N–H and O–H groups in total. The van der Waals surface area contributed by atoms with Crippen LogP contribution >= 0.6 is 11.8 Å². The Labute approximate surface area is 117 Å². The van der Waals surface area contributed by atoms with Gasteiger partial charge in [-0.1, -0.05) is 11.8 Å². The topological polar surface area (TPSA) is 77.0 Å². The molecule has 1 atom stereocenters. The summed E-state index contributed by atoms with van der Waals surface area (Å²) in [4.78, 5) is 13.7. The molecule has 1 fully saturated rings.